The van der Waals surface area contributed by atoms with E-state index in [1.165, 1.54) is 0 Å². The molecule has 2 aliphatic heterocycles. The highest BCUT2D eigenvalue weighted by Gasteiger charge is 2.43. The van der Waals surface area contributed by atoms with Gasteiger partial charge >= 0.3 is 6.09 Å². The number of anilines is 1. The molecular weight excluding hydrogens is 643 g/mol. The van der Waals surface area contributed by atoms with E-state index in [9.17, 15) is 15.3 Å². The Morgan fingerprint density at radius 2 is 1.98 bits per heavy atom. The van der Waals surface area contributed by atoms with Gasteiger partial charge in [-0.2, -0.15) is 15.6 Å². The van der Waals surface area contributed by atoms with Gasteiger partial charge in [-0.15, -0.1) is 0 Å². The number of hydrogen-bond donors (Lipinski definition) is 0. The summed E-state index contributed by atoms with van der Waals surface area (Å²) in [5.41, 5.74) is 2.76. The van der Waals surface area contributed by atoms with Gasteiger partial charge in [-0.3, -0.25) is 4.68 Å². The van der Waals surface area contributed by atoms with Crippen LogP contribution in [0.2, 0.25) is 0 Å². The fraction of sp³-hybridized carbons (Fsp3) is 0.425. The molecule has 2 saturated heterocycles. The summed E-state index contributed by atoms with van der Waals surface area (Å²) in [5.74, 6) is 0.153. The number of pyridine rings is 1. The maximum absolute atomic E-state index is 17.3. The number of aryl methyl sites for hydroxylation is 1. The number of aromatic nitrogens is 3. The lowest BCUT2D eigenvalue weighted by molar-refractivity contribution is 0.00565. The minimum atomic E-state index is -0.663. The van der Waals surface area contributed by atoms with E-state index in [1.807, 2.05) is 56.8 Å². The van der Waals surface area contributed by atoms with Crippen molar-refractivity contribution >= 4 is 39.8 Å². The largest absolute Gasteiger partial charge is 0.444 e. The van der Waals surface area contributed by atoms with E-state index in [0.717, 1.165) is 10.9 Å². The summed E-state index contributed by atoms with van der Waals surface area (Å²) in [5, 5.41) is 26.3. The Balaban J connectivity index is 1.53. The second-order valence-electron chi connectivity index (χ2n) is 15.2. The van der Waals surface area contributed by atoms with Gasteiger partial charge in [0.2, 0.25) is 0 Å². The average molecular weight is 689 g/mol. The lowest BCUT2D eigenvalue weighted by Gasteiger charge is -2.52. The van der Waals surface area contributed by atoms with Crippen LogP contribution in [-0.2, 0) is 4.74 Å². The number of ether oxygens (including phenoxy) is 1. The van der Waals surface area contributed by atoms with E-state index >= 15 is 4.39 Å². The number of benzene rings is 2. The summed E-state index contributed by atoms with van der Waals surface area (Å²) in [6, 6.07) is 11.4. The molecule has 0 saturated carbocycles. The van der Waals surface area contributed by atoms with Crippen molar-refractivity contribution in [1.82, 2.24) is 24.6 Å². The molecule has 2 aromatic carbocycles. The van der Waals surface area contributed by atoms with E-state index < -0.39 is 17.5 Å². The molecule has 11 heteroatoms. The molecule has 264 valence electrons. The van der Waals surface area contributed by atoms with Gasteiger partial charge in [0.15, 0.2) is 5.82 Å². The predicted molar refractivity (Wildman–Crippen MR) is 199 cm³/mol. The summed E-state index contributed by atoms with van der Waals surface area (Å²) in [7, 11) is 4.11. The van der Waals surface area contributed by atoms with Crippen LogP contribution in [0.15, 0.2) is 49.2 Å². The summed E-state index contributed by atoms with van der Waals surface area (Å²) < 4.78 is 24.9. The minimum Gasteiger partial charge on any atom is -0.444 e. The van der Waals surface area contributed by atoms with Crippen LogP contribution in [0.4, 0.5) is 15.0 Å². The molecule has 0 radical (unpaired) electrons. The normalized spacial score (nSPS) is 19.0. The van der Waals surface area contributed by atoms with Gasteiger partial charge in [0.25, 0.3) is 0 Å². The van der Waals surface area contributed by atoms with Gasteiger partial charge in [0.05, 0.1) is 52.8 Å². The molecule has 1 amide bonds. The standard InChI is InChI=1S/C40H45FN8O2/c1-9-10-12-26-13-11-14-29(31(26)21-43)33-25(2)19-30-35(34(33)41)45-37(47-23-40(6,24-47)46(7)8)32-22-44-49(36(30)32)28-16-18-48(27(20-28)15-17-42)38(50)51-39(3,4)5/h9-14,19,22,27-28H,1,15-16,18,20,23-24H2,2-8H3/b12-10-/t27-,28+/m1/s1. The van der Waals surface area contributed by atoms with Crippen molar-refractivity contribution in [2.75, 3.05) is 38.6 Å². The molecule has 2 aliphatic rings. The molecule has 4 heterocycles. The van der Waals surface area contributed by atoms with E-state index in [0.29, 0.717) is 71.5 Å². The molecule has 0 unspecified atom stereocenters. The topological polar surface area (TPSA) is 114 Å². The molecule has 0 bridgehead atoms. The Hall–Kier alpha value is -5.26. The van der Waals surface area contributed by atoms with Crippen LogP contribution in [0.5, 0.6) is 0 Å². The number of rotatable bonds is 7. The number of piperidine rings is 1. The monoisotopic (exact) mass is 688 g/mol. The van der Waals surface area contributed by atoms with Crippen LogP contribution < -0.4 is 4.90 Å². The zero-order valence-corrected chi connectivity index (χ0v) is 30.5. The smallest absolute Gasteiger partial charge is 0.410 e. The van der Waals surface area contributed by atoms with E-state index in [1.54, 1.807) is 29.2 Å². The van der Waals surface area contributed by atoms with E-state index in [2.05, 4.69) is 49.5 Å². The maximum Gasteiger partial charge on any atom is 0.410 e. The molecule has 51 heavy (non-hydrogen) atoms. The van der Waals surface area contributed by atoms with Gasteiger partial charge in [0.1, 0.15) is 23.0 Å². The molecule has 0 aliphatic carbocycles. The minimum absolute atomic E-state index is 0.0734. The fourth-order valence-corrected chi connectivity index (χ4v) is 7.40. The number of fused-ring (bicyclic) bond motifs is 3. The van der Waals surface area contributed by atoms with Gasteiger partial charge in [0, 0.05) is 36.1 Å². The number of hydrogen-bond acceptors (Lipinski definition) is 8. The Morgan fingerprint density at radius 1 is 1.24 bits per heavy atom. The van der Waals surface area contributed by atoms with Crippen molar-refractivity contribution < 1.29 is 13.9 Å². The molecule has 2 fully saturated rings. The van der Waals surface area contributed by atoms with Gasteiger partial charge in [-0.1, -0.05) is 43.0 Å². The summed E-state index contributed by atoms with van der Waals surface area (Å²) in [6.07, 6.45) is 7.78. The maximum atomic E-state index is 17.3. The first-order chi connectivity index (χ1) is 24.2. The van der Waals surface area contributed by atoms with E-state index in [4.69, 9.17) is 14.8 Å². The Morgan fingerprint density at radius 3 is 2.63 bits per heavy atom. The molecular formula is C40H45FN8O2. The van der Waals surface area contributed by atoms with Crippen LogP contribution >= 0.6 is 0 Å². The number of likely N-dealkylation sites (tertiary alicyclic amines) is 1. The first kappa shape index (κ1) is 35.6. The summed E-state index contributed by atoms with van der Waals surface area (Å²) in [4.78, 5) is 24.2. The van der Waals surface area contributed by atoms with Crippen LogP contribution in [-0.4, -0.2) is 81.6 Å². The fourth-order valence-electron chi connectivity index (χ4n) is 7.40. The third kappa shape index (κ3) is 6.43. The van der Waals surface area contributed by atoms with Crippen LogP contribution in [0.3, 0.4) is 0 Å². The quantitative estimate of drug-likeness (QED) is 0.181. The van der Waals surface area contributed by atoms with Crippen molar-refractivity contribution in [3.05, 3.63) is 71.7 Å². The molecule has 4 aromatic rings. The number of carbonyl (C=O) groups excluding carboxylic acids is 1. The lowest BCUT2D eigenvalue weighted by atomic mass is 9.89. The number of halogens is 1. The number of allylic oxidation sites excluding steroid dienone is 2. The molecule has 2 aromatic heterocycles. The number of carbonyl (C=O) groups is 1. The molecule has 0 N–H and O–H groups in total. The highest BCUT2D eigenvalue weighted by molar-refractivity contribution is 6.10. The average Bonchev–Trinajstić information content (AvgIpc) is 3.51. The Bertz CT molecular complexity index is 2140. The van der Waals surface area contributed by atoms with Gasteiger partial charge in [-0.05, 0) is 78.7 Å². The lowest BCUT2D eigenvalue weighted by Crippen LogP contribution is -2.67. The SMILES string of the molecule is C=C/C=C\c1cccc(-c2c(C)cc3c(nc(N4CC(C)(N(C)C)C4)c4cnn([C@H]5CCN(C(=O)OC(C)(C)C)[C@H](CC#N)C5)c43)c2F)c1C#N. The number of nitrogens with zero attached hydrogens (tertiary/aromatic N) is 8. The van der Waals surface area contributed by atoms with Gasteiger partial charge in [-0.25, -0.2) is 14.2 Å². The van der Waals surface area contributed by atoms with Crippen LogP contribution in [0.1, 0.15) is 69.7 Å². The zero-order valence-electron chi connectivity index (χ0n) is 30.5. The van der Waals surface area contributed by atoms with Crippen molar-refractivity contribution in [3.8, 4) is 23.3 Å². The molecule has 10 nitrogen and oxygen atoms in total. The molecule has 2 atom stereocenters. The highest BCUT2D eigenvalue weighted by atomic mass is 19.1. The van der Waals surface area contributed by atoms with Crippen LogP contribution in [0.25, 0.3) is 39.0 Å². The zero-order chi connectivity index (χ0) is 36.8. The van der Waals surface area contributed by atoms with E-state index in [-0.39, 0.29) is 29.6 Å². The van der Waals surface area contributed by atoms with Crippen molar-refractivity contribution in [2.24, 2.45) is 0 Å². The second kappa shape index (κ2) is 13.5. The summed E-state index contributed by atoms with van der Waals surface area (Å²) >= 11 is 0. The Kier molecular flexibility index (Phi) is 9.39. The summed E-state index contributed by atoms with van der Waals surface area (Å²) in [6.45, 7) is 15.1. The van der Waals surface area contributed by atoms with Gasteiger partial charge < -0.3 is 19.4 Å². The first-order valence-corrected chi connectivity index (χ1v) is 17.3. The highest BCUT2D eigenvalue weighted by Crippen LogP contribution is 2.43. The third-order valence-corrected chi connectivity index (χ3v) is 10.3. The predicted octanol–water partition coefficient (Wildman–Crippen LogP) is 7.76. The first-order valence-electron chi connectivity index (χ1n) is 17.3. The van der Waals surface area contributed by atoms with Crippen LogP contribution in [0, 0.1) is 35.4 Å². The molecule has 0 spiro atoms. The number of likely N-dealkylation sites (N-methyl/N-ethyl adjacent to an activating group) is 1. The van der Waals surface area contributed by atoms with Crippen molar-refractivity contribution in [3.63, 3.8) is 0 Å². The third-order valence-electron chi connectivity index (χ3n) is 10.3. The second-order valence-corrected chi connectivity index (χ2v) is 15.2. The molecule has 6 rings (SSSR count). The van der Waals surface area contributed by atoms with Crippen molar-refractivity contribution in [1.29, 1.82) is 10.5 Å². The number of amides is 1. The number of nitriles is 2. The van der Waals surface area contributed by atoms with Crippen molar-refractivity contribution in [2.45, 2.75) is 77.1 Å². The Labute approximate surface area is 299 Å².